The maximum absolute atomic E-state index is 13.3. The van der Waals surface area contributed by atoms with Crippen LogP contribution in [0.15, 0.2) is 65.3 Å². The van der Waals surface area contributed by atoms with Crippen molar-refractivity contribution in [2.75, 3.05) is 6.54 Å². The van der Waals surface area contributed by atoms with E-state index in [1.54, 1.807) is 55.7 Å². The van der Waals surface area contributed by atoms with E-state index in [2.05, 4.69) is 16.0 Å². The summed E-state index contributed by atoms with van der Waals surface area (Å²) in [6.45, 7) is 5.25. The number of amides is 3. The number of hydrogen-bond acceptors (Lipinski definition) is 5. The molecule has 0 spiro atoms. The van der Waals surface area contributed by atoms with Crippen molar-refractivity contribution in [1.29, 1.82) is 0 Å². The van der Waals surface area contributed by atoms with Gasteiger partial charge in [0.25, 0.3) is 11.8 Å². The van der Waals surface area contributed by atoms with Crippen molar-refractivity contribution in [1.82, 2.24) is 16.0 Å². The molecule has 0 radical (unpaired) electrons. The lowest BCUT2D eigenvalue weighted by Gasteiger charge is -2.19. The Kier molecular flexibility index (Phi) is 10.1. The van der Waals surface area contributed by atoms with Crippen molar-refractivity contribution in [3.63, 3.8) is 0 Å². The molecule has 224 valence electrons. The van der Waals surface area contributed by atoms with E-state index in [0.29, 0.717) is 28.7 Å². The van der Waals surface area contributed by atoms with Crippen molar-refractivity contribution < 1.29 is 28.7 Å². The van der Waals surface area contributed by atoms with Crippen LogP contribution in [-0.2, 0) is 22.4 Å². The number of carboxylic acids is 1. The van der Waals surface area contributed by atoms with E-state index >= 15 is 0 Å². The number of carbonyl (C=O) groups is 4. The highest BCUT2D eigenvalue weighted by molar-refractivity contribution is 6.40. The third-order valence-electron chi connectivity index (χ3n) is 7.06. The zero-order valence-corrected chi connectivity index (χ0v) is 25.3. The monoisotopic (exact) mass is 623 g/mol. The van der Waals surface area contributed by atoms with E-state index in [1.165, 1.54) is 6.92 Å². The predicted octanol–water partition coefficient (Wildman–Crippen LogP) is 5.64. The van der Waals surface area contributed by atoms with Crippen LogP contribution >= 0.6 is 23.2 Å². The molecule has 9 nitrogen and oxygen atoms in total. The van der Waals surface area contributed by atoms with Gasteiger partial charge in [0.05, 0.1) is 27.9 Å². The number of rotatable bonds is 11. The lowest BCUT2D eigenvalue weighted by atomic mass is 9.99. The van der Waals surface area contributed by atoms with Crippen molar-refractivity contribution >= 4 is 57.9 Å². The largest absolute Gasteiger partial charge is 0.480 e. The summed E-state index contributed by atoms with van der Waals surface area (Å²) in [4.78, 5) is 49.6. The molecule has 0 fully saturated rings. The molecule has 1 unspecified atom stereocenters. The number of carboxylic acid groups (broad SMARTS) is 1. The van der Waals surface area contributed by atoms with Gasteiger partial charge in [0.2, 0.25) is 5.91 Å². The Labute approximate surface area is 258 Å². The molecule has 11 heteroatoms. The summed E-state index contributed by atoms with van der Waals surface area (Å²) >= 11 is 13.1. The molecule has 0 bridgehead atoms. The van der Waals surface area contributed by atoms with Crippen LogP contribution < -0.4 is 16.0 Å². The highest BCUT2D eigenvalue weighted by Crippen LogP contribution is 2.32. The molecule has 3 amide bonds. The fourth-order valence-corrected chi connectivity index (χ4v) is 5.66. The Balaban J connectivity index is 1.46. The molecule has 4 rings (SSSR count). The van der Waals surface area contributed by atoms with E-state index in [4.69, 9.17) is 27.6 Å². The highest BCUT2D eigenvalue weighted by atomic mass is 35.5. The summed E-state index contributed by atoms with van der Waals surface area (Å²) in [7, 11) is 0. The average molecular weight is 625 g/mol. The molecule has 4 N–H and O–H groups in total. The van der Waals surface area contributed by atoms with Crippen LogP contribution in [0.2, 0.25) is 10.0 Å². The number of benzene rings is 3. The highest BCUT2D eigenvalue weighted by Gasteiger charge is 2.26. The Morgan fingerprint density at radius 3 is 2.47 bits per heavy atom. The summed E-state index contributed by atoms with van der Waals surface area (Å²) in [5, 5.41) is 19.1. The fraction of sp³-hybridized carbons (Fsp3) is 0.250. The van der Waals surface area contributed by atoms with Crippen molar-refractivity contribution in [3.8, 4) is 0 Å². The van der Waals surface area contributed by atoms with Crippen LogP contribution in [-0.4, -0.2) is 41.4 Å². The Morgan fingerprint density at radius 2 is 1.74 bits per heavy atom. The SMILES string of the molecule is CC(=O)NC(C)c1cccc(C[C@H](NC(=O)c2c(Cl)cc(C)c(CCNC(=O)c3ccc4ccoc4c3)c2Cl)C(=O)O)c1. The van der Waals surface area contributed by atoms with Gasteiger partial charge in [0.15, 0.2) is 0 Å². The van der Waals surface area contributed by atoms with Gasteiger partial charge in [-0.05, 0) is 66.8 Å². The van der Waals surface area contributed by atoms with Crippen LogP contribution in [0.5, 0.6) is 0 Å². The normalized spacial score (nSPS) is 12.4. The molecule has 43 heavy (non-hydrogen) atoms. The lowest BCUT2D eigenvalue weighted by Crippen LogP contribution is -2.42. The van der Waals surface area contributed by atoms with Crippen LogP contribution in [0.1, 0.15) is 62.9 Å². The van der Waals surface area contributed by atoms with Crippen LogP contribution in [0.3, 0.4) is 0 Å². The minimum Gasteiger partial charge on any atom is -0.480 e. The molecule has 0 saturated heterocycles. The second-order valence-electron chi connectivity index (χ2n) is 10.3. The molecule has 0 aliphatic carbocycles. The number of aryl methyl sites for hydroxylation is 1. The zero-order chi connectivity index (χ0) is 31.3. The second kappa shape index (κ2) is 13.8. The van der Waals surface area contributed by atoms with E-state index in [9.17, 15) is 24.3 Å². The molecule has 4 aromatic rings. The standard InChI is InChI=1S/C32H31Cl2N3O6/c1-17-13-25(33)28(29(34)24(17)9-11-35-30(39)23-8-7-21-10-12-43-27(21)16-23)31(40)37-26(32(41)42)15-20-5-4-6-22(14-20)18(2)36-19(3)38/h4-8,10,12-14,16,18,26H,9,11,15H2,1-3H3,(H,35,39)(H,36,38)(H,37,40)(H,41,42)/t18?,26-/m0/s1. The van der Waals surface area contributed by atoms with Crippen LogP contribution in [0.25, 0.3) is 11.0 Å². The first-order chi connectivity index (χ1) is 20.4. The first-order valence-electron chi connectivity index (χ1n) is 13.6. The Morgan fingerprint density at radius 1 is 0.977 bits per heavy atom. The van der Waals surface area contributed by atoms with E-state index in [-0.39, 0.29) is 46.4 Å². The van der Waals surface area contributed by atoms with Gasteiger partial charge in [-0.15, -0.1) is 0 Å². The number of furan rings is 1. The molecule has 1 aromatic heterocycles. The Hall–Kier alpha value is -4.34. The summed E-state index contributed by atoms with van der Waals surface area (Å²) in [6.07, 6.45) is 1.85. The van der Waals surface area contributed by atoms with Crippen molar-refractivity contribution in [2.24, 2.45) is 0 Å². The molecule has 2 atom stereocenters. The molecule has 0 saturated carbocycles. The number of aliphatic carboxylic acids is 1. The summed E-state index contributed by atoms with van der Waals surface area (Å²) in [6, 6.07) is 14.1. The minimum atomic E-state index is -1.28. The number of hydrogen-bond donors (Lipinski definition) is 4. The summed E-state index contributed by atoms with van der Waals surface area (Å²) in [5.74, 6) is -2.45. The molecule has 0 aliphatic heterocycles. The average Bonchev–Trinajstić information content (AvgIpc) is 3.42. The maximum Gasteiger partial charge on any atom is 0.326 e. The molecule has 0 aliphatic rings. The first kappa shape index (κ1) is 31.6. The van der Waals surface area contributed by atoms with Gasteiger partial charge < -0.3 is 25.5 Å². The van der Waals surface area contributed by atoms with Gasteiger partial charge in [-0.25, -0.2) is 4.79 Å². The topological polar surface area (TPSA) is 138 Å². The fourth-order valence-electron chi connectivity index (χ4n) is 4.84. The quantitative estimate of drug-likeness (QED) is 0.170. The van der Waals surface area contributed by atoms with E-state index in [1.807, 2.05) is 19.1 Å². The zero-order valence-electron chi connectivity index (χ0n) is 23.8. The summed E-state index contributed by atoms with van der Waals surface area (Å²) < 4.78 is 5.36. The van der Waals surface area contributed by atoms with Crippen molar-refractivity contribution in [2.45, 2.75) is 45.7 Å². The Bertz CT molecular complexity index is 1700. The lowest BCUT2D eigenvalue weighted by molar-refractivity contribution is -0.139. The molecular formula is C32H31Cl2N3O6. The van der Waals surface area contributed by atoms with Gasteiger partial charge in [0, 0.05) is 30.8 Å². The van der Waals surface area contributed by atoms with Crippen molar-refractivity contribution in [3.05, 3.63) is 104 Å². The molecule has 3 aromatic carbocycles. The number of nitrogens with one attached hydrogen (secondary N) is 3. The van der Waals surface area contributed by atoms with E-state index in [0.717, 1.165) is 16.5 Å². The predicted molar refractivity (Wildman–Crippen MR) is 165 cm³/mol. The third-order valence-corrected chi connectivity index (χ3v) is 7.78. The first-order valence-corrected chi connectivity index (χ1v) is 14.3. The second-order valence-corrected chi connectivity index (χ2v) is 11.0. The van der Waals surface area contributed by atoms with Gasteiger partial charge in [-0.1, -0.05) is 53.5 Å². The smallest absolute Gasteiger partial charge is 0.326 e. The minimum absolute atomic E-state index is 0.00844. The van der Waals surface area contributed by atoms with E-state index < -0.39 is 17.9 Å². The van der Waals surface area contributed by atoms with Gasteiger partial charge >= 0.3 is 5.97 Å². The maximum atomic E-state index is 13.3. The number of carbonyl (C=O) groups excluding carboxylic acids is 3. The third kappa shape index (κ3) is 7.74. The van der Waals surface area contributed by atoms with Gasteiger partial charge in [-0.2, -0.15) is 0 Å². The molecular weight excluding hydrogens is 593 g/mol. The molecule has 1 heterocycles. The van der Waals surface area contributed by atoms with Gasteiger partial charge in [0.1, 0.15) is 11.6 Å². The number of fused-ring (bicyclic) bond motifs is 1. The number of halogens is 2. The van der Waals surface area contributed by atoms with Crippen LogP contribution in [0, 0.1) is 6.92 Å². The van der Waals surface area contributed by atoms with Crippen LogP contribution in [0.4, 0.5) is 0 Å². The van der Waals surface area contributed by atoms with Gasteiger partial charge in [-0.3, -0.25) is 14.4 Å². The summed E-state index contributed by atoms with van der Waals surface area (Å²) in [5.41, 5.74) is 3.78.